The lowest BCUT2D eigenvalue weighted by atomic mass is 10.1. The first kappa shape index (κ1) is 21.4. The molecule has 1 aromatic rings. The fourth-order valence-corrected chi connectivity index (χ4v) is 3.17. The molecular formula is C21H34N4O2. The van der Waals surface area contributed by atoms with E-state index in [2.05, 4.69) is 45.6 Å². The molecule has 0 spiro atoms. The Labute approximate surface area is 163 Å². The predicted molar refractivity (Wildman–Crippen MR) is 108 cm³/mol. The zero-order valence-corrected chi connectivity index (χ0v) is 17.0. The van der Waals surface area contributed by atoms with Crippen molar-refractivity contribution in [1.82, 2.24) is 20.4 Å². The van der Waals surface area contributed by atoms with Gasteiger partial charge in [0, 0.05) is 45.2 Å². The third-order valence-corrected chi connectivity index (χ3v) is 5.38. The van der Waals surface area contributed by atoms with Crippen molar-refractivity contribution in [3.8, 4) is 0 Å². The summed E-state index contributed by atoms with van der Waals surface area (Å²) >= 11 is 0. The Bertz CT molecular complexity index is 612. The highest BCUT2D eigenvalue weighted by atomic mass is 16.2. The molecule has 1 unspecified atom stereocenters. The van der Waals surface area contributed by atoms with Crippen molar-refractivity contribution in [3.05, 3.63) is 35.4 Å². The summed E-state index contributed by atoms with van der Waals surface area (Å²) in [4.78, 5) is 28.8. The Morgan fingerprint density at radius 1 is 1.00 bits per heavy atom. The molecule has 1 aliphatic heterocycles. The lowest BCUT2D eigenvalue weighted by Crippen LogP contribution is -2.45. The first-order valence-electron chi connectivity index (χ1n) is 10.1. The zero-order valence-electron chi connectivity index (χ0n) is 17.0. The predicted octanol–water partition coefficient (Wildman–Crippen LogP) is 1.60. The molecule has 2 N–H and O–H groups in total. The molecule has 1 aliphatic rings. The van der Waals surface area contributed by atoms with Gasteiger partial charge in [0.05, 0.1) is 6.54 Å². The average molecular weight is 375 g/mol. The van der Waals surface area contributed by atoms with Crippen molar-refractivity contribution < 1.29 is 9.59 Å². The molecule has 0 radical (unpaired) electrons. The smallest absolute Gasteiger partial charge is 0.239 e. The van der Waals surface area contributed by atoms with E-state index in [0.717, 1.165) is 51.3 Å². The maximum atomic E-state index is 12.1. The summed E-state index contributed by atoms with van der Waals surface area (Å²) in [7, 11) is 0. The monoisotopic (exact) mass is 374 g/mol. The lowest BCUT2D eigenvalue weighted by molar-refractivity contribution is -0.128. The SMILES string of the molecule is CCC(C)C(=O)NCC(=O)NCc1ccccc1CN1CCN(CC)CC1. The van der Waals surface area contributed by atoms with E-state index in [1.54, 1.807) is 0 Å². The molecule has 1 aromatic carbocycles. The van der Waals surface area contributed by atoms with E-state index in [4.69, 9.17) is 0 Å². The first-order chi connectivity index (χ1) is 13.0. The summed E-state index contributed by atoms with van der Waals surface area (Å²) in [6, 6.07) is 8.26. The van der Waals surface area contributed by atoms with E-state index >= 15 is 0 Å². The second-order valence-corrected chi connectivity index (χ2v) is 7.28. The van der Waals surface area contributed by atoms with Gasteiger partial charge < -0.3 is 15.5 Å². The van der Waals surface area contributed by atoms with Crippen LogP contribution >= 0.6 is 0 Å². The largest absolute Gasteiger partial charge is 0.350 e. The maximum Gasteiger partial charge on any atom is 0.239 e. The second kappa shape index (κ2) is 11.0. The normalized spacial score (nSPS) is 16.7. The molecule has 1 atom stereocenters. The zero-order chi connectivity index (χ0) is 19.6. The van der Waals surface area contributed by atoms with Crippen molar-refractivity contribution in [1.29, 1.82) is 0 Å². The van der Waals surface area contributed by atoms with Crippen molar-refractivity contribution in [2.75, 3.05) is 39.3 Å². The summed E-state index contributed by atoms with van der Waals surface area (Å²) in [6.07, 6.45) is 0.771. The first-order valence-corrected chi connectivity index (χ1v) is 10.1. The van der Waals surface area contributed by atoms with E-state index in [1.807, 2.05) is 19.9 Å². The van der Waals surface area contributed by atoms with E-state index in [9.17, 15) is 9.59 Å². The van der Waals surface area contributed by atoms with Gasteiger partial charge in [-0.2, -0.15) is 0 Å². The molecular weight excluding hydrogens is 340 g/mol. The summed E-state index contributed by atoms with van der Waals surface area (Å²) < 4.78 is 0. The molecule has 1 fully saturated rings. The quantitative estimate of drug-likeness (QED) is 0.689. The number of carbonyl (C=O) groups excluding carboxylic acids is 2. The number of nitrogens with zero attached hydrogens (tertiary/aromatic N) is 2. The van der Waals surface area contributed by atoms with Crippen LogP contribution < -0.4 is 10.6 Å². The van der Waals surface area contributed by atoms with Gasteiger partial charge in [0.2, 0.25) is 11.8 Å². The number of carbonyl (C=O) groups is 2. The average Bonchev–Trinajstić information content (AvgIpc) is 2.71. The summed E-state index contributed by atoms with van der Waals surface area (Å²) in [5, 5.41) is 5.62. The summed E-state index contributed by atoms with van der Waals surface area (Å²) in [5.41, 5.74) is 2.39. The van der Waals surface area contributed by atoms with Crippen molar-refractivity contribution in [2.24, 2.45) is 5.92 Å². The van der Waals surface area contributed by atoms with Gasteiger partial charge in [-0.15, -0.1) is 0 Å². The molecule has 2 rings (SSSR count). The maximum absolute atomic E-state index is 12.1. The fraction of sp³-hybridized carbons (Fsp3) is 0.619. The third-order valence-electron chi connectivity index (χ3n) is 5.38. The number of nitrogens with one attached hydrogen (secondary N) is 2. The van der Waals surface area contributed by atoms with Crippen LogP contribution in [0.15, 0.2) is 24.3 Å². The van der Waals surface area contributed by atoms with Gasteiger partial charge in [0.25, 0.3) is 0 Å². The number of piperazine rings is 1. The molecule has 1 saturated heterocycles. The van der Waals surface area contributed by atoms with E-state index in [-0.39, 0.29) is 24.3 Å². The number of amides is 2. The summed E-state index contributed by atoms with van der Waals surface area (Å²) in [5.74, 6) is -0.288. The van der Waals surface area contributed by atoms with Crippen LogP contribution in [0.2, 0.25) is 0 Å². The Balaban J connectivity index is 1.81. The Kier molecular flexibility index (Phi) is 8.75. The van der Waals surface area contributed by atoms with Gasteiger partial charge in [-0.1, -0.05) is 45.0 Å². The van der Waals surface area contributed by atoms with Gasteiger partial charge in [-0.3, -0.25) is 14.5 Å². The highest BCUT2D eigenvalue weighted by Crippen LogP contribution is 2.13. The highest BCUT2D eigenvalue weighted by molar-refractivity contribution is 5.85. The van der Waals surface area contributed by atoms with Gasteiger partial charge in [0.15, 0.2) is 0 Å². The molecule has 150 valence electrons. The fourth-order valence-electron chi connectivity index (χ4n) is 3.17. The minimum atomic E-state index is -0.155. The number of benzene rings is 1. The number of likely N-dealkylation sites (N-methyl/N-ethyl adjacent to an activating group) is 1. The number of hydrogen-bond acceptors (Lipinski definition) is 4. The van der Waals surface area contributed by atoms with E-state index in [1.165, 1.54) is 5.56 Å². The van der Waals surface area contributed by atoms with Crippen LogP contribution in [0.3, 0.4) is 0 Å². The molecule has 6 heteroatoms. The Morgan fingerprint density at radius 3 is 2.26 bits per heavy atom. The van der Waals surface area contributed by atoms with Crippen molar-refractivity contribution in [2.45, 2.75) is 40.3 Å². The molecule has 0 aromatic heterocycles. The van der Waals surface area contributed by atoms with Gasteiger partial charge in [-0.05, 0) is 24.1 Å². The van der Waals surface area contributed by atoms with Crippen LogP contribution in [-0.4, -0.2) is 60.9 Å². The Morgan fingerprint density at radius 2 is 1.63 bits per heavy atom. The topological polar surface area (TPSA) is 64.7 Å². The van der Waals surface area contributed by atoms with Gasteiger partial charge >= 0.3 is 0 Å². The number of hydrogen-bond donors (Lipinski definition) is 2. The minimum absolute atomic E-state index is 0.0321. The molecule has 27 heavy (non-hydrogen) atoms. The molecule has 1 heterocycles. The van der Waals surface area contributed by atoms with Crippen LogP contribution in [0.25, 0.3) is 0 Å². The Hall–Kier alpha value is -1.92. The number of rotatable bonds is 9. The highest BCUT2D eigenvalue weighted by Gasteiger charge is 2.17. The van der Waals surface area contributed by atoms with Gasteiger partial charge in [0.1, 0.15) is 0 Å². The summed E-state index contributed by atoms with van der Waals surface area (Å²) in [6.45, 7) is 13.0. The lowest BCUT2D eigenvalue weighted by Gasteiger charge is -2.34. The molecule has 2 amide bonds. The van der Waals surface area contributed by atoms with Crippen molar-refractivity contribution in [3.63, 3.8) is 0 Å². The molecule has 6 nitrogen and oxygen atoms in total. The van der Waals surface area contributed by atoms with Crippen LogP contribution in [0.1, 0.15) is 38.3 Å². The van der Waals surface area contributed by atoms with Crippen LogP contribution in [0, 0.1) is 5.92 Å². The second-order valence-electron chi connectivity index (χ2n) is 7.28. The molecule has 0 aliphatic carbocycles. The minimum Gasteiger partial charge on any atom is -0.350 e. The standard InChI is InChI=1S/C21H34N4O2/c1-4-17(3)21(27)23-15-20(26)22-14-18-8-6-7-9-19(18)16-25-12-10-24(5-2)11-13-25/h6-9,17H,4-5,10-16H2,1-3H3,(H,22,26)(H,23,27). The van der Waals surface area contributed by atoms with Gasteiger partial charge in [-0.25, -0.2) is 0 Å². The van der Waals surface area contributed by atoms with Crippen LogP contribution in [0.5, 0.6) is 0 Å². The van der Waals surface area contributed by atoms with Crippen molar-refractivity contribution >= 4 is 11.8 Å². The molecule has 0 saturated carbocycles. The van der Waals surface area contributed by atoms with E-state index in [0.29, 0.717) is 6.54 Å². The van der Waals surface area contributed by atoms with Crippen LogP contribution in [-0.2, 0) is 22.7 Å². The third kappa shape index (κ3) is 6.96. The molecule has 0 bridgehead atoms. The van der Waals surface area contributed by atoms with Crippen LogP contribution in [0.4, 0.5) is 0 Å². The van der Waals surface area contributed by atoms with E-state index < -0.39 is 0 Å².